The standard InChI is InChI=1S/C14H12FN3O3/c15-9-2-4-10(5-3-9)17-14(21)18-12-6-1-8(13(19)20)7-11(12)16/h1-7H,16H2,(H,19,20)(H2,17,18,21). The summed E-state index contributed by atoms with van der Waals surface area (Å²) in [5.41, 5.74) is 6.51. The van der Waals surface area contributed by atoms with Crippen molar-refractivity contribution >= 4 is 29.1 Å². The Balaban J connectivity index is 2.06. The average Bonchev–Trinajstić information content (AvgIpc) is 2.43. The Kier molecular flexibility index (Phi) is 4.03. The Bertz CT molecular complexity index is 686. The van der Waals surface area contributed by atoms with Gasteiger partial charge in [0.1, 0.15) is 5.82 Å². The molecule has 0 aliphatic rings. The fraction of sp³-hybridized carbons (Fsp3) is 0. The first-order chi connectivity index (χ1) is 9.95. The molecule has 0 spiro atoms. The van der Waals surface area contributed by atoms with Gasteiger partial charge in [0, 0.05) is 5.69 Å². The number of rotatable bonds is 3. The Morgan fingerprint density at radius 3 is 2.29 bits per heavy atom. The number of nitrogens with two attached hydrogens (primary N) is 1. The van der Waals surface area contributed by atoms with E-state index in [1.165, 1.54) is 42.5 Å². The van der Waals surface area contributed by atoms with Gasteiger partial charge in [0.15, 0.2) is 0 Å². The van der Waals surface area contributed by atoms with Crippen LogP contribution in [0.2, 0.25) is 0 Å². The number of halogens is 1. The summed E-state index contributed by atoms with van der Waals surface area (Å²) in [7, 11) is 0. The van der Waals surface area contributed by atoms with E-state index < -0.39 is 17.8 Å². The number of hydrogen-bond acceptors (Lipinski definition) is 3. The largest absolute Gasteiger partial charge is 0.478 e. The average molecular weight is 289 g/mol. The molecule has 2 aromatic rings. The minimum atomic E-state index is -1.11. The van der Waals surface area contributed by atoms with Crippen molar-refractivity contribution in [1.29, 1.82) is 0 Å². The van der Waals surface area contributed by atoms with Gasteiger partial charge in [0.25, 0.3) is 0 Å². The van der Waals surface area contributed by atoms with Crippen molar-refractivity contribution in [1.82, 2.24) is 0 Å². The minimum Gasteiger partial charge on any atom is -0.478 e. The topological polar surface area (TPSA) is 104 Å². The van der Waals surface area contributed by atoms with E-state index in [2.05, 4.69) is 10.6 Å². The van der Waals surface area contributed by atoms with Crippen LogP contribution in [0.15, 0.2) is 42.5 Å². The van der Waals surface area contributed by atoms with E-state index in [1.807, 2.05) is 0 Å². The highest BCUT2D eigenvalue weighted by molar-refractivity contribution is 6.02. The quantitative estimate of drug-likeness (QED) is 0.652. The Morgan fingerprint density at radius 1 is 1.05 bits per heavy atom. The van der Waals surface area contributed by atoms with Crippen LogP contribution >= 0.6 is 0 Å². The third kappa shape index (κ3) is 3.69. The summed E-state index contributed by atoms with van der Waals surface area (Å²) in [6, 6.07) is 8.64. The van der Waals surface area contributed by atoms with E-state index in [0.29, 0.717) is 5.69 Å². The third-order valence-electron chi connectivity index (χ3n) is 2.65. The van der Waals surface area contributed by atoms with Crippen molar-refractivity contribution in [2.75, 3.05) is 16.4 Å². The highest BCUT2D eigenvalue weighted by Crippen LogP contribution is 2.20. The van der Waals surface area contributed by atoms with Crippen molar-refractivity contribution in [3.63, 3.8) is 0 Å². The van der Waals surface area contributed by atoms with Gasteiger partial charge in [-0.2, -0.15) is 0 Å². The fourth-order valence-corrected chi connectivity index (χ4v) is 1.63. The summed E-state index contributed by atoms with van der Waals surface area (Å²) in [5.74, 6) is -1.52. The maximum atomic E-state index is 12.7. The Labute approximate surface area is 119 Å². The van der Waals surface area contributed by atoms with E-state index in [0.717, 1.165) is 0 Å². The Hall–Kier alpha value is -3.09. The van der Waals surface area contributed by atoms with E-state index in [1.54, 1.807) is 0 Å². The van der Waals surface area contributed by atoms with Crippen molar-refractivity contribution < 1.29 is 19.1 Å². The number of nitrogen functional groups attached to an aromatic ring is 1. The van der Waals surface area contributed by atoms with Crippen LogP contribution in [0.5, 0.6) is 0 Å². The molecule has 0 aliphatic heterocycles. The second kappa shape index (κ2) is 5.91. The lowest BCUT2D eigenvalue weighted by Crippen LogP contribution is -2.20. The first kappa shape index (κ1) is 14.3. The molecule has 0 saturated carbocycles. The number of nitrogens with one attached hydrogen (secondary N) is 2. The number of hydrogen-bond donors (Lipinski definition) is 4. The van der Waals surface area contributed by atoms with Gasteiger partial charge in [-0.25, -0.2) is 14.0 Å². The number of carboxylic acid groups (broad SMARTS) is 1. The number of amides is 2. The van der Waals surface area contributed by atoms with E-state index in [-0.39, 0.29) is 16.9 Å². The number of urea groups is 1. The van der Waals surface area contributed by atoms with Gasteiger partial charge >= 0.3 is 12.0 Å². The summed E-state index contributed by atoms with van der Waals surface area (Å²) in [5, 5.41) is 13.8. The molecule has 2 rings (SSSR count). The lowest BCUT2D eigenvalue weighted by Gasteiger charge is -2.10. The molecule has 108 valence electrons. The fourth-order valence-electron chi connectivity index (χ4n) is 1.63. The van der Waals surface area contributed by atoms with Gasteiger partial charge in [-0.3, -0.25) is 0 Å². The van der Waals surface area contributed by atoms with Crippen LogP contribution in [0.4, 0.5) is 26.2 Å². The monoisotopic (exact) mass is 289 g/mol. The normalized spacial score (nSPS) is 9.95. The molecule has 7 heteroatoms. The van der Waals surface area contributed by atoms with E-state index in [9.17, 15) is 14.0 Å². The molecule has 2 aromatic carbocycles. The zero-order valence-electron chi connectivity index (χ0n) is 10.8. The molecule has 0 saturated heterocycles. The number of aromatic carboxylic acids is 1. The molecule has 2 amide bonds. The van der Waals surface area contributed by atoms with Crippen molar-refractivity contribution in [2.45, 2.75) is 0 Å². The second-order valence-corrected chi connectivity index (χ2v) is 4.19. The first-order valence-electron chi connectivity index (χ1n) is 5.92. The summed E-state index contributed by atoms with van der Waals surface area (Å²) in [6.45, 7) is 0. The zero-order valence-corrected chi connectivity index (χ0v) is 10.8. The van der Waals surface area contributed by atoms with Crippen LogP contribution in [0, 0.1) is 5.82 Å². The van der Waals surface area contributed by atoms with Gasteiger partial charge in [0.2, 0.25) is 0 Å². The number of carboxylic acids is 1. The second-order valence-electron chi connectivity index (χ2n) is 4.19. The summed E-state index contributed by atoms with van der Waals surface area (Å²) < 4.78 is 12.7. The molecule has 0 unspecified atom stereocenters. The molecule has 0 radical (unpaired) electrons. The SMILES string of the molecule is Nc1cc(C(=O)O)ccc1NC(=O)Nc1ccc(F)cc1. The Morgan fingerprint density at radius 2 is 1.71 bits per heavy atom. The maximum absolute atomic E-state index is 12.7. The highest BCUT2D eigenvalue weighted by Gasteiger charge is 2.09. The maximum Gasteiger partial charge on any atom is 0.335 e. The van der Waals surface area contributed by atoms with Crippen LogP contribution in [-0.4, -0.2) is 17.1 Å². The van der Waals surface area contributed by atoms with Gasteiger partial charge in [-0.05, 0) is 42.5 Å². The molecular formula is C14H12FN3O3. The highest BCUT2D eigenvalue weighted by atomic mass is 19.1. The molecular weight excluding hydrogens is 277 g/mol. The van der Waals surface area contributed by atoms with E-state index >= 15 is 0 Å². The van der Waals surface area contributed by atoms with Crippen LogP contribution in [-0.2, 0) is 0 Å². The number of benzene rings is 2. The predicted octanol–water partition coefficient (Wildman–Crippen LogP) is 2.75. The molecule has 0 bridgehead atoms. The third-order valence-corrected chi connectivity index (χ3v) is 2.65. The van der Waals surface area contributed by atoms with Gasteiger partial charge < -0.3 is 21.5 Å². The van der Waals surface area contributed by atoms with Crippen molar-refractivity contribution in [2.24, 2.45) is 0 Å². The van der Waals surface area contributed by atoms with Gasteiger partial charge in [-0.15, -0.1) is 0 Å². The number of carbonyl (C=O) groups excluding carboxylic acids is 1. The van der Waals surface area contributed by atoms with Crippen LogP contribution < -0.4 is 16.4 Å². The number of anilines is 3. The van der Waals surface area contributed by atoms with E-state index in [4.69, 9.17) is 10.8 Å². The molecule has 0 heterocycles. The van der Waals surface area contributed by atoms with Crippen molar-refractivity contribution in [3.05, 3.63) is 53.8 Å². The van der Waals surface area contributed by atoms with Crippen LogP contribution in [0.1, 0.15) is 10.4 Å². The smallest absolute Gasteiger partial charge is 0.335 e. The van der Waals surface area contributed by atoms with Crippen molar-refractivity contribution in [3.8, 4) is 0 Å². The summed E-state index contributed by atoms with van der Waals surface area (Å²) >= 11 is 0. The molecule has 0 aromatic heterocycles. The molecule has 21 heavy (non-hydrogen) atoms. The van der Waals surface area contributed by atoms with Gasteiger partial charge in [-0.1, -0.05) is 0 Å². The number of carbonyl (C=O) groups is 2. The molecule has 6 nitrogen and oxygen atoms in total. The summed E-state index contributed by atoms with van der Waals surface area (Å²) in [6.07, 6.45) is 0. The molecule has 5 N–H and O–H groups in total. The zero-order chi connectivity index (χ0) is 15.4. The van der Waals surface area contributed by atoms with Crippen LogP contribution in [0.3, 0.4) is 0 Å². The summed E-state index contributed by atoms with van der Waals surface area (Å²) in [4.78, 5) is 22.5. The molecule has 0 aliphatic carbocycles. The molecule has 0 fully saturated rings. The lowest BCUT2D eigenvalue weighted by molar-refractivity contribution is 0.0697. The van der Waals surface area contributed by atoms with Gasteiger partial charge in [0.05, 0.1) is 16.9 Å². The lowest BCUT2D eigenvalue weighted by atomic mass is 10.2. The van der Waals surface area contributed by atoms with Crippen LogP contribution in [0.25, 0.3) is 0 Å². The predicted molar refractivity (Wildman–Crippen MR) is 76.9 cm³/mol. The first-order valence-corrected chi connectivity index (χ1v) is 5.92. The molecule has 0 atom stereocenters. The minimum absolute atomic E-state index is 0.0250.